The van der Waals surface area contributed by atoms with Crippen molar-refractivity contribution in [1.82, 2.24) is 0 Å². The van der Waals surface area contributed by atoms with Crippen LogP contribution in [-0.2, 0) is 27.2 Å². The number of carbonyl (C=O) groups is 3. The molecule has 0 atom stereocenters. The number of hydrogen-bond donors (Lipinski definition) is 2. The van der Waals surface area contributed by atoms with E-state index in [0.29, 0.717) is 10.6 Å². The molecular weight excluding hydrogens is 372 g/mol. The number of fused-ring (bicyclic) bond motifs is 1. The number of primary amides is 1. The average Bonchev–Trinajstić information content (AvgIpc) is 3.26. The molecule has 1 aliphatic rings. The van der Waals surface area contributed by atoms with Crippen LogP contribution in [0, 0.1) is 6.92 Å². The summed E-state index contributed by atoms with van der Waals surface area (Å²) in [5.41, 5.74) is 7.84. The van der Waals surface area contributed by atoms with E-state index >= 15 is 0 Å². The van der Waals surface area contributed by atoms with Crippen molar-refractivity contribution < 1.29 is 19.1 Å². The number of carbonyl (C=O) groups excluding carboxylic acids is 3. The molecule has 0 aromatic carbocycles. The first kappa shape index (κ1) is 18.3. The standard InChI is InChI=1S/C18H18N2O4S2/c1-10-7-8-25-12(10)5-6-15(22)24-9-14(21)20-18-16(17(19)23)11-3-2-4-13(11)26-18/h5-8H,2-4,9H2,1H3,(H2,19,23)(H,20,21)/b6-5+. The molecule has 8 heteroatoms. The summed E-state index contributed by atoms with van der Waals surface area (Å²) in [4.78, 5) is 37.5. The van der Waals surface area contributed by atoms with Crippen molar-refractivity contribution in [2.75, 3.05) is 11.9 Å². The zero-order valence-corrected chi connectivity index (χ0v) is 15.8. The van der Waals surface area contributed by atoms with Crippen LogP contribution in [-0.4, -0.2) is 24.4 Å². The van der Waals surface area contributed by atoms with Gasteiger partial charge >= 0.3 is 5.97 Å². The third-order valence-corrected chi connectivity index (χ3v) is 6.23. The zero-order chi connectivity index (χ0) is 18.7. The summed E-state index contributed by atoms with van der Waals surface area (Å²) in [6.07, 6.45) is 5.62. The number of nitrogens with two attached hydrogens (primary N) is 1. The van der Waals surface area contributed by atoms with Gasteiger partial charge in [0.15, 0.2) is 6.61 Å². The van der Waals surface area contributed by atoms with Gasteiger partial charge in [0.05, 0.1) is 5.56 Å². The van der Waals surface area contributed by atoms with Crippen molar-refractivity contribution in [3.05, 3.63) is 44.0 Å². The molecule has 2 aromatic heterocycles. The Labute approximate surface area is 158 Å². The molecule has 3 N–H and O–H groups in total. The maximum Gasteiger partial charge on any atom is 0.331 e. The first-order chi connectivity index (χ1) is 12.5. The van der Waals surface area contributed by atoms with Crippen molar-refractivity contribution in [2.45, 2.75) is 26.2 Å². The Hall–Kier alpha value is -2.45. The van der Waals surface area contributed by atoms with Crippen LogP contribution in [0.1, 0.15) is 37.7 Å². The van der Waals surface area contributed by atoms with Crippen LogP contribution < -0.4 is 11.1 Å². The molecule has 0 spiro atoms. The van der Waals surface area contributed by atoms with Gasteiger partial charge < -0.3 is 15.8 Å². The minimum atomic E-state index is -0.600. The first-order valence-electron chi connectivity index (χ1n) is 8.09. The first-order valence-corrected chi connectivity index (χ1v) is 9.78. The molecule has 2 heterocycles. The summed E-state index contributed by atoms with van der Waals surface area (Å²) < 4.78 is 4.95. The van der Waals surface area contributed by atoms with Gasteiger partial charge in [0.1, 0.15) is 5.00 Å². The topological polar surface area (TPSA) is 98.5 Å². The highest BCUT2D eigenvalue weighted by Gasteiger charge is 2.26. The van der Waals surface area contributed by atoms with E-state index in [-0.39, 0.29) is 0 Å². The third-order valence-electron chi connectivity index (χ3n) is 4.04. The molecule has 0 fully saturated rings. The lowest BCUT2D eigenvalue weighted by Gasteiger charge is -2.06. The van der Waals surface area contributed by atoms with E-state index in [9.17, 15) is 14.4 Å². The van der Waals surface area contributed by atoms with E-state index in [1.54, 1.807) is 6.08 Å². The van der Waals surface area contributed by atoms with Gasteiger partial charge in [-0.2, -0.15) is 0 Å². The van der Waals surface area contributed by atoms with Crippen molar-refractivity contribution in [3.8, 4) is 0 Å². The Balaban J connectivity index is 1.56. The van der Waals surface area contributed by atoms with Crippen LogP contribution >= 0.6 is 22.7 Å². The van der Waals surface area contributed by atoms with Gasteiger partial charge in [-0.1, -0.05) is 0 Å². The second-order valence-corrected chi connectivity index (χ2v) is 7.94. The summed E-state index contributed by atoms with van der Waals surface area (Å²) in [6.45, 7) is 1.52. The van der Waals surface area contributed by atoms with Gasteiger partial charge in [-0.05, 0) is 54.8 Å². The lowest BCUT2D eigenvalue weighted by molar-refractivity contribution is -0.142. The molecule has 0 aliphatic heterocycles. The predicted molar refractivity (Wildman–Crippen MR) is 103 cm³/mol. The van der Waals surface area contributed by atoms with Crippen LogP contribution in [0.3, 0.4) is 0 Å². The maximum absolute atomic E-state index is 12.0. The largest absolute Gasteiger partial charge is 0.452 e. The van der Waals surface area contributed by atoms with Crippen LogP contribution in [0.25, 0.3) is 6.08 Å². The Morgan fingerprint density at radius 2 is 2.15 bits per heavy atom. The number of ether oxygens (including phenoxy) is 1. The molecule has 0 radical (unpaired) electrons. The van der Waals surface area contributed by atoms with Gasteiger partial charge in [0.25, 0.3) is 11.8 Å². The Morgan fingerprint density at radius 3 is 2.85 bits per heavy atom. The SMILES string of the molecule is Cc1ccsc1/C=C/C(=O)OCC(=O)Nc1sc2c(c1C(N)=O)CCC2. The van der Waals surface area contributed by atoms with Crippen LogP contribution in [0.2, 0.25) is 0 Å². The molecule has 0 saturated heterocycles. The fraction of sp³-hybridized carbons (Fsp3) is 0.278. The Kier molecular flexibility index (Phi) is 5.53. The van der Waals surface area contributed by atoms with E-state index in [1.165, 1.54) is 28.7 Å². The molecule has 1 aliphatic carbocycles. The summed E-state index contributed by atoms with van der Waals surface area (Å²) in [5, 5.41) is 5.01. The molecule has 2 aromatic rings. The summed E-state index contributed by atoms with van der Waals surface area (Å²) in [7, 11) is 0. The highest BCUT2D eigenvalue weighted by molar-refractivity contribution is 7.17. The number of thiophene rings is 2. The smallest absolute Gasteiger partial charge is 0.331 e. The van der Waals surface area contributed by atoms with Gasteiger partial charge in [0, 0.05) is 15.8 Å². The fourth-order valence-corrected chi connectivity index (χ4v) is 4.93. The van der Waals surface area contributed by atoms with Crippen LogP contribution in [0.5, 0.6) is 0 Å². The van der Waals surface area contributed by atoms with Gasteiger partial charge in [-0.3, -0.25) is 9.59 Å². The minimum Gasteiger partial charge on any atom is -0.452 e. The molecule has 0 saturated carbocycles. The van der Waals surface area contributed by atoms with Crippen LogP contribution in [0.4, 0.5) is 5.00 Å². The van der Waals surface area contributed by atoms with Gasteiger partial charge in [-0.25, -0.2) is 4.79 Å². The van der Waals surface area contributed by atoms with Crippen molar-refractivity contribution in [1.29, 1.82) is 0 Å². The second-order valence-electron chi connectivity index (χ2n) is 5.88. The number of rotatable bonds is 6. The number of amides is 2. The van der Waals surface area contributed by atoms with E-state index in [2.05, 4.69) is 5.32 Å². The van der Waals surface area contributed by atoms with Gasteiger partial charge in [0.2, 0.25) is 0 Å². The monoisotopic (exact) mass is 390 g/mol. The van der Waals surface area contributed by atoms with Crippen molar-refractivity contribution in [2.24, 2.45) is 5.73 Å². The van der Waals surface area contributed by atoms with Crippen molar-refractivity contribution in [3.63, 3.8) is 0 Å². The lowest BCUT2D eigenvalue weighted by Crippen LogP contribution is -2.22. The highest BCUT2D eigenvalue weighted by atomic mass is 32.1. The molecule has 6 nitrogen and oxygen atoms in total. The van der Waals surface area contributed by atoms with Crippen molar-refractivity contribution >= 4 is 51.5 Å². The van der Waals surface area contributed by atoms with E-state index in [4.69, 9.17) is 10.5 Å². The molecule has 0 bridgehead atoms. The predicted octanol–water partition coefficient (Wildman–Crippen LogP) is 2.90. The molecule has 3 rings (SSSR count). The maximum atomic E-state index is 12.0. The van der Waals surface area contributed by atoms with Gasteiger partial charge in [-0.15, -0.1) is 22.7 Å². The lowest BCUT2D eigenvalue weighted by atomic mass is 10.1. The quantitative estimate of drug-likeness (QED) is 0.585. The number of aryl methyl sites for hydroxylation is 2. The third kappa shape index (κ3) is 4.03. The van der Waals surface area contributed by atoms with E-state index < -0.39 is 24.4 Å². The number of esters is 1. The minimum absolute atomic E-state index is 0.384. The Morgan fingerprint density at radius 1 is 1.35 bits per heavy atom. The summed E-state index contributed by atoms with van der Waals surface area (Å²) in [5.74, 6) is -1.65. The summed E-state index contributed by atoms with van der Waals surface area (Å²) in [6, 6.07) is 1.96. The molecule has 2 amide bonds. The normalized spacial score (nSPS) is 13.0. The number of anilines is 1. The second kappa shape index (κ2) is 7.84. The number of nitrogens with one attached hydrogen (secondary N) is 1. The van der Waals surface area contributed by atoms with E-state index in [1.807, 2.05) is 18.4 Å². The molecule has 0 unspecified atom stereocenters. The molecule has 26 heavy (non-hydrogen) atoms. The van der Waals surface area contributed by atoms with Crippen LogP contribution in [0.15, 0.2) is 17.5 Å². The average molecular weight is 390 g/mol. The Bertz CT molecular complexity index is 895. The molecular formula is C18H18N2O4S2. The zero-order valence-electron chi connectivity index (χ0n) is 14.2. The van der Waals surface area contributed by atoms with E-state index in [0.717, 1.165) is 40.1 Å². The highest BCUT2D eigenvalue weighted by Crippen LogP contribution is 2.38. The summed E-state index contributed by atoms with van der Waals surface area (Å²) >= 11 is 2.88. The molecule has 136 valence electrons. The fourth-order valence-electron chi connectivity index (χ4n) is 2.80. The number of hydrogen-bond acceptors (Lipinski definition) is 6.